The smallest absolute Gasteiger partial charge is 0.326 e. The number of phenols is 2. The molecule has 690 valence electrons. The maximum Gasteiger partial charge on any atom is 0.326 e. The zero-order valence-corrected chi connectivity index (χ0v) is 72.9. The highest BCUT2D eigenvalue weighted by molar-refractivity contribution is 6.02. The van der Waals surface area contributed by atoms with E-state index < -0.39 is 192 Å². The van der Waals surface area contributed by atoms with Crippen LogP contribution in [0.4, 0.5) is 0 Å². The lowest BCUT2D eigenvalue weighted by Gasteiger charge is -2.31. The van der Waals surface area contributed by atoms with Crippen molar-refractivity contribution in [2.75, 3.05) is 19.6 Å². The Labute approximate surface area is 735 Å². The SMILES string of the molecule is CC(C)C[C@H](NC(=O)[C@H](CCCCN)NC(=O)[C@@H](NC(=O)[C@H](CC(C)C)NC(=O)[C@@H]1CCCN1C(=O)[C@H](CC(=O)O)NC(=O)[C@H](Cc1ccc(O)cc1)NC(=O)[C@H](Cc1c[nH]c2ccccc12)NC(=O)[C@@H](NC(=O)[C@H](C)N)[C@@H](C)O)[C@@H](C)O)C(=O)N[C@@H](Cc1c[nH]c2ccccc12)C(=O)N[C@@H](CC(C)C)C(=O)N1CCC[C@H]1C(=O)N[C@@H](Cc1ccc(O)cc1)C(=O)O. The largest absolute Gasteiger partial charge is 0.508 e. The summed E-state index contributed by atoms with van der Waals surface area (Å²) in [4.78, 5) is 223. The third-order valence-corrected chi connectivity index (χ3v) is 22.3. The summed E-state index contributed by atoms with van der Waals surface area (Å²) in [5.74, 6) is -15.9. The van der Waals surface area contributed by atoms with E-state index in [1.54, 1.807) is 76.5 Å². The van der Waals surface area contributed by atoms with E-state index in [0.29, 0.717) is 56.9 Å². The number of carbonyl (C=O) groups is 15. The molecule has 2 aromatic heterocycles. The molecule has 0 unspecified atom stereocenters. The van der Waals surface area contributed by atoms with E-state index in [9.17, 15) is 93.0 Å². The first-order valence-electron chi connectivity index (χ1n) is 43.1. The monoisotopic (exact) mass is 1770 g/mol. The van der Waals surface area contributed by atoms with E-state index in [4.69, 9.17) is 11.5 Å². The van der Waals surface area contributed by atoms with Crippen LogP contribution in [0.25, 0.3) is 21.8 Å². The van der Waals surface area contributed by atoms with Crippen LogP contribution in [0.1, 0.15) is 155 Å². The number of carbonyl (C=O) groups excluding carboxylic acids is 13. The maximum absolute atomic E-state index is 15.1. The van der Waals surface area contributed by atoms with Gasteiger partial charge in [0.2, 0.25) is 76.8 Å². The molecule has 13 amide bonds. The number of nitrogens with two attached hydrogens (primary N) is 2. The van der Waals surface area contributed by atoms with E-state index in [0.717, 1.165) is 4.90 Å². The summed E-state index contributed by atoms with van der Waals surface area (Å²) in [5, 5.41) is 92.8. The Hall–Kier alpha value is -12.6. The number of aliphatic hydroxyl groups excluding tert-OH is 2. The Morgan fingerprint density at radius 1 is 0.409 bits per heavy atom. The fourth-order valence-corrected chi connectivity index (χ4v) is 15.6. The number of rotatable bonds is 47. The Kier molecular flexibility index (Phi) is 37.1. The third kappa shape index (κ3) is 29.0. The van der Waals surface area contributed by atoms with Crippen LogP contribution >= 0.6 is 0 Å². The first kappa shape index (κ1) is 99.9. The molecule has 127 heavy (non-hydrogen) atoms. The number of amides is 13. The Morgan fingerprint density at radius 3 is 1.20 bits per heavy atom. The van der Waals surface area contributed by atoms with Gasteiger partial charge in [-0.15, -0.1) is 0 Å². The van der Waals surface area contributed by atoms with Crippen LogP contribution in [0, 0.1) is 17.8 Å². The predicted octanol–water partition coefficient (Wildman–Crippen LogP) is 0.581. The Balaban J connectivity index is 0.977. The van der Waals surface area contributed by atoms with E-state index >= 15 is 9.59 Å². The van der Waals surface area contributed by atoms with Crippen LogP contribution in [-0.4, -0.2) is 256 Å². The van der Waals surface area contributed by atoms with E-state index in [2.05, 4.69) is 68.5 Å². The molecular weight excluding hydrogens is 1640 g/mol. The van der Waals surface area contributed by atoms with Crippen molar-refractivity contribution in [3.63, 3.8) is 0 Å². The third-order valence-electron chi connectivity index (χ3n) is 22.3. The molecule has 0 radical (unpaired) electrons. The van der Waals surface area contributed by atoms with Gasteiger partial charge in [0.1, 0.15) is 90.0 Å². The van der Waals surface area contributed by atoms with Crippen molar-refractivity contribution in [2.45, 2.75) is 255 Å². The van der Waals surface area contributed by atoms with Gasteiger partial charge >= 0.3 is 11.9 Å². The van der Waals surface area contributed by atoms with E-state index in [-0.39, 0.29) is 126 Å². The van der Waals surface area contributed by atoms with Gasteiger partial charge in [-0.2, -0.15) is 0 Å². The molecule has 23 N–H and O–H groups in total. The molecule has 0 aliphatic carbocycles. The molecule has 4 aromatic carbocycles. The number of para-hydroxylation sites is 2. The minimum Gasteiger partial charge on any atom is -0.508 e. The highest BCUT2D eigenvalue weighted by atomic mass is 16.4. The summed E-state index contributed by atoms with van der Waals surface area (Å²) in [6.45, 7) is 14.5. The number of nitrogens with zero attached hydrogens (tertiary/aromatic N) is 2. The van der Waals surface area contributed by atoms with Crippen LogP contribution in [0.2, 0.25) is 0 Å². The Bertz CT molecular complexity index is 4840. The number of unbranched alkanes of at least 4 members (excludes halogenated alkanes) is 1. The molecular formula is C89H123N17O21. The number of carboxylic acid groups (broad SMARTS) is 2. The van der Waals surface area contributed by atoms with E-state index in [1.807, 2.05) is 26.0 Å². The highest BCUT2D eigenvalue weighted by Gasteiger charge is 2.45. The average molecular weight is 1770 g/mol. The molecule has 2 fully saturated rings. The van der Waals surface area contributed by atoms with Gasteiger partial charge in [0, 0.05) is 73.0 Å². The second-order valence-electron chi connectivity index (χ2n) is 34.1. The zero-order chi connectivity index (χ0) is 93.2. The number of aliphatic carboxylic acids is 2. The molecule has 2 aliphatic heterocycles. The quantitative estimate of drug-likeness (QED) is 0.0232. The number of hydrogen-bond acceptors (Lipinski definition) is 21. The summed E-state index contributed by atoms with van der Waals surface area (Å²) in [6, 6.07) is 4.66. The van der Waals surface area contributed by atoms with Crippen molar-refractivity contribution < 1.29 is 103 Å². The van der Waals surface area contributed by atoms with Crippen molar-refractivity contribution in [1.82, 2.24) is 78.3 Å². The highest BCUT2D eigenvalue weighted by Crippen LogP contribution is 2.27. The van der Waals surface area contributed by atoms with Crippen LogP contribution in [-0.2, 0) is 97.6 Å². The number of likely N-dealkylation sites (tertiary alicyclic amines) is 2. The van der Waals surface area contributed by atoms with Gasteiger partial charge in [-0.3, -0.25) is 67.1 Å². The van der Waals surface area contributed by atoms with Crippen LogP contribution < -0.4 is 70.0 Å². The van der Waals surface area contributed by atoms with Crippen molar-refractivity contribution in [1.29, 1.82) is 0 Å². The topological polar surface area (TPSA) is 600 Å². The molecule has 16 atom stereocenters. The number of benzene rings is 4. The number of hydrogen-bond donors (Lipinski definition) is 21. The van der Waals surface area contributed by atoms with Crippen LogP contribution in [0.5, 0.6) is 11.5 Å². The second-order valence-corrected chi connectivity index (χ2v) is 34.1. The van der Waals surface area contributed by atoms with Gasteiger partial charge in [-0.05, 0) is 168 Å². The van der Waals surface area contributed by atoms with Crippen molar-refractivity contribution in [3.05, 3.63) is 132 Å². The molecule has 0 spiro atoms. The van der Waals surface area contributed by atoms with Gasteiger partial charge in [-0.1, -0.05) is 102 Å². The lowest BCUT2D eigenvalue weighted by Crippen LogP contribution is -2.62. The first-order valence-corrected chi connectivity index (χ1v) is 43.1. The van der Waals surface area contributed by atoms with Crippen molar-refractivity contribution in [2.24, 2.45) is 29.2 Å². The lowest BCUT2D eigenvalue weighted by atomic mass is 9.98. The number of aromatic nitrogens is 2. The molecule has 2 saturated heterocycles. The number of aromatic amines is 2. The number of carboxylic acids is 2. The van der Waals surface area contributed by atoms with Gasteiger partial charge in [0.25, 0.3) is 0 Å². The number of aromatic hydroxyl groups is 2. The number of nitrogens with one attached hydrogen (secondary N) is 13. The molecule has 0 saturated carbocycles. The standard InChI is InChI=1S/C89H123N17O21/c1-46(2)36-63(78(115)97-66(41-54-44-92-60-20-12-10-18-58(54)60)81(118)100-68(38-48(5)6)87(124)105-34-17-24-72(105)84(121)102-70(89(126)127)40-53-27-31-57(110)32-28-53)95-77(114)62(22-14-15-33-90)94-85(122)75(51(9)108)104-82(119)64(37-47(3)4)98-83(120)71-23-16-35-106(71)88(125)69(43-73(111)112)101-79(116)65(39-52-25-29-56(109)30-26-52)96-80(117)67(42-55-45-93-61-21-13-11-19-59(55)61)99-86(123)74(50(8)107)103-76(113)49(7)91/h10-13,18-21,25-32,44-51,62-72,74-75,92-93,107-110H,14-17,22-24,33-43,90-91H2,1-9H3,(H,94,122)(H,95,114)(H,96,117)(H,97,115)(H,98,120)(H,99,123)(H,100,118)(H,101,116)(H,102,121)(H,103,113)(H,104,119)(H,111,112)(H,126,127)/t49-,50+,51+,62-,63-,64-,65-,66-,67-,68-,69-,70-,71-,72-,74-,75-/m0/s1. The Morgan fingerprint density at radius 2 is 0.764 bits per heavy atom. The predicted molar refractivity (Wildman–Crippen MR) is 467 cm³/mol. The van der Waals surface area contributed by atoms with Crippen LogP contribution in [0.15, 0.2) is 109 Å². The van der Waals surface area contributed by atoms with Gasteiger partial charge < -0.3 is 120 Å². The fraction of sp³-hybridized carbons (Fsp3) is 0.517. The van der Waals surface area contributed by atoms with Gasteiger partial charge in [0.15, 0.2) is 0 Å². The molecule has 6 aromatic rings. The molecule has 38 nitrogen and oxygen atoms in total. The maximum atomic E-state index is 15.1. The number of phenolic OH excluding ortho intramolecular Hbond substituents is 2. The summed E-state index contributed by atoms with van der Waals surface area (Å²) in [5.41, 5.74) is 15.0. The van der Waals surface area contributed by atoms with Gasteiger partial charge in [-0.25, -0.2) is 4.79 Å². The van der Waals surface area contributed by atoms with Crippen molar-refractivity contribution >= 4 is 111 Å². The summed E-state index contributed by atoms with van der Waals surface area (Å²) in [7, 11) is 0. The van der Waals surface area contributed by atoms with Gasteiger partial charge in [0.05, 0.1) is 24.7 Å². The van der Waals surface area contributed by atoms with E-state index in [1.165, 1.54) is 74.2 Å². The van der Waals surface area contributed by atoms with Crippen molar-refractivity contribution in [3.8, 4) is 11.5 Å². The molecule has 8 rings (SSSR count). The normalized spacial score (nSPS) is 17.2. The molecule has 2 aliphatic rings. The minimum atomic E-state index is -1.93. The molecule has 38 heteroatoms. The second kappa shape index (κ2) is 47.1. The first-order chi connectivity index (χ1) is 60.2. The minimum absolute atomic E-state index is 0.0335. The number of fused-ring (bicyclic) bond motifs is 2. The molecule has 4 heterocycles. The molecule has 0 bridgehead atoms. The lowest BCUT2D eigenvalue weighted by molar-refractivity contribution is -0.146. The number of aliphatic hydroxyl groups is 2. The average Bonchev–Trinajstić information content (AvgIpc) is 1.60. The fourth-order valence-electron chi connectivity index (χ4n) is 15.6. The van der Waals surface area contributed by atoms with Crippen LogP contribution in [0.3, 0.4) is 0 Å². The zero-order valence-electron chi connectivity index (χ0n) is 72.9. The summed E-state index contributed by atoms with van der Waals surface area (Å²) in [6.07, 6.45) is -0.855. The number of H-pyrrole nitrogens is 2. The summed E-state index contributed by atoms with van der Waals surface area (Å²) >= 11 is 0. The summed E-state index contributed by atoms with van der Waals surface area (Å²) < 4.78 is 0.